The van der Waals surface area contributed by atoms with Gasteiger partial charge in [-0.15, -0.1) is 11.6 Å². The Morgan fingerprint density at radius 2 is 1.54 bits per heavy atom. The number of rotatable bonds is 13. The van der Waals surface area contributed by atoms with E-state index in [1.807, 2.05) is 24.3 Å². The van der Waals surface area contributed by atoms with Gasteiger partial charge in [0.05, 0.1) is 36.0 Å². The van der Waals surface area contributed by atoms with Gasteiger partial charge >= 0.3 is 0 Å². The molecule has 0 unspecified atom stereocenters. The minimum absolute atomic E-state index is 0.103. The van der Waals surface area contributed by atoms with Crippen LogP contribution in [0, 0.1) is 0 Å². The highest BCUT2D eigenvalue weighted by Crippen LogP contribution is 2.24. The van der Waals surface area contributed by atoms with E-state index in [1.54, 1.807) is 24.5 Å². The van der Waals surface area contributed by atoms with Crippen molar-refractivity contribution in [3.63, 3.8) is 0 Å². The molecule has 9 nitrogen and oxygen atoms in total. The van der Waals surface area contributed by atoms with E-state index in [2.05, 4.69) is 49.5 Å². The van der Waals surface area contributed by atoms with Gasteiger partial charge in [-0.1, -0.05) is 30.3 Å². The number of aliphatic hydroxyl groups is 1. The highest BCUT2D eigenvalue weighted by atomic mass is 35.5. The smallest absolute Gasteiger partial charge is 0.258 e. The second-order valence-corrected chi connectivity index (χ2v) is 9.52. The minimum atomic E-state index is -0.160. The van der Waals surface area contributed by atoms with Crippen LogP contribution in [0.3, 0.4) is 0 Å². The van der Waals surface area contributed by atoms with Crippen molar-refractivity contribution in [1.82, 2.24) is 19.9 Å². The van der Waals surface area contributed by atoms with Gasteiger partial charge < -0.3 is 24.9 Å². The van der Waals surface area contributed by atoms with Crippen LogP contribution in [0.25, 0.3) is 21.8 Å². The zero-order valence-electron chi connectivity index (χ0n) is 22.8. The molecule has 3 N–H and O–H groups in total. The van der Waals surface area contributed by atoms with Crippen LogP contribution in [0.5, 0.6) is 11.5 Å². The Morgan fingerprint density at radius 1 is 0.829 bits per heavy atom. The minimum Gasteiger partial charge on any atom is -0.493 e. The maximum absolute atomic E-state index is 11.4. The zero-order valence-corrected chi connectivity index (χ0v) is 23.5. The lowest BCUT2D eigenvalue weighted by atomic mass is 10.1. The van der Waals surface area contributed by atoms with E-state index in [0.29, 0.717) is 42.2 Å². The number of H-pyrrole nitrogens is 1. The summed E-state index contributed by atoms with van der Waals surface area (Å²) >= 11 is 5.67. The predicted molar refractivity (Wildman–Crippen MR) is 163 cm³/mol. The number of ether oxygens (including phenoxy) is 2. The second kappa shape index (κ2) is 16.2. The molecule has 0 aliphatic carbocycles. The summed E-state index contributed by atoms with van der Waals surface area (Å²) in [5.74, 6) is 2.93. The van der Waals surface area contributed by atoms with Gasteiger partial charge in [-0.2, -0.15) is 0 Å². The highest BCUT2D eigenvalue weighted by molar-refractivity contribution is 6.17. The third-order valence-corrected chi connectivity index (χ3v) is 6.38. The summed E-state index contributed by atoms with van der Waals surface area (Å²) in [7, 11) is 0. The van der Waals surface area contributed by atoms with Crippen LogP contribution in [0.4, 0.5) is 5.82 Å². The van der Waals surface area contributed by atoms with E-state index in [0.717, 1.165) is 48.3 Å². The molecule has 0 radical (unpaired) electrons. The number of nitrogens with one attached hydrogen (secondary N) is 2. The van der Waals surface area contributed by atoms with E-state index in [-0.39, 0.29) is 12.2 Å². The lowest BCUT2D eigenvalue weighted by molar-refractivity contribution is 0.233. The maximum Gasteiger partial charge on any atom is 0.258 e. The van der Waals surface area contributed by atoms with E-state index in [4.69, 9.17) is 26.2 Å². The number of anilines is 1. The van der Waals surface area contributed by atoms with Crippen molar-refractivity contribution in [3.05, 3.63) is 95.3 Å². The van der Waals surface area contributed by atoms with Gasteiger partial charge in [-0.3, -0.25) is 4.79 Å². The number of aromatic amines is 1. The predicted octanol–water partition coefficient (Wildman–Crippen LogP) is 5.37. The highest BCUT2D eigenvalue weighted by Gasteiger charge is 2.05. The molecule has 41 heavy (non-hydrogen) atoms. The van der Waals surface area contributed by atoms with Crippen molar-refractivity contribution in [2.24, 2.45) is 0 Å². The molecule has 2 heterocycles. The number of aliphatic hydroxyl groups excluding tert-OH is 1. The summed E-state index contributed by atoms with van der Waals surface area (Å²) in [6.45, 7) is 2.04. The number of aryl methyl sites for hydroxylation is 1. The fourth-order valence-corrected chi connectivity index (χ4v) is 4.16. The molecule has 0 aliphatic rings. The molecule has 0 bridgehead atoms. The van der Waals surface area contributed by atoms with Crippen LogP contribution < -0.4 is 20.3 Å². The van der Waals surface area contributed by atoms with Crippen LogP contribution in [0.15, 0.2) is 84.2 Å². The molecule has 2 aromatic heterocycles. The molecule has 5 rings (SSSR count). The summed E-state index contributed by atoms with van der Waals surface area (Å²) in [5, 5.41) is 13.6. The molecule has 10 heteroatoms. The van der Waals surface area contributed by atoms with Crippen molar-refractivity contribution in [2.45, 2.75) is 25.7 Å². The van der Waals surface area contributed by atoms with Gasteiger partial charge in [-0.25, -0.2) is 15.0 Å². The normalized spacial score (nSPS) is 10.7. The average molecular weight is 576 g/mol. The topological polar surface area (TPSA) is 122 Å². The SMILES string of the molecule is ClCCCOc1ccc2c(NCCCc3ccccc3)ncnc2c1.O=c1[nH]cnc2cc(OCCCO)ccc12. The molecule has 214 valence electrons. The van der Waals surface area contributed by atoms with Crippen molar-refractivity contribution in [3.8, 4) is 11.5 Å². The molecule has 0 aliphatic heterocycles. The Labute approximate surface area is 243 Å². The number of fused-ring (bicyclic) bond motifs is 2. The van der Waals surface area contributed by atoms with E-state index >= 15 is 0 Å². The molecule has 5 aromatic rings. The standard InChI is InChI=1S/C20H22ClN3O.C11H12N2O3/c21-11-5-13-25-17-9-10-18-19(14-17)23-15-24-20(18)22-12-4-8-16-6-2-1-3-7-16;14-4-1-5-16-8-2-3-9-10(6-8)12-7-13-11(9)15/h1-3,6-7,9-10,14-15H,4-5,8,11-13H2,(H,22,23,24);2-3,6-7,14H,1,4-5H2,(H,12,13,15). The Bertz CT molecular complexity index is 1570. The first-order valence-electron chi connectivity index (χ1n) is 13.6. The first-order chi connectivity index (χ1) is 20.2. The number of hydrogen-bond donors (Lipinski definition) is 3. The summed E-state index contributed by atoms with van der Waals surface area (Å²) < 4.78 is 11.1. The molecular weight excluding hydrogens is 542 g/mol. The first kappa shape index (κ1) is 29.8. The van der Waals surface area contributed by atoms with E-state index < -0.39 is 0 Å². The van der Waals surface area contributed by atoms with Crippen LogP contribution in [0.1, 0.15) is 24.8 Å². The summed E-state index contributed by atoms with van der Waals surface area (Å²) in [5.41, 5.74) is 2.68. The van der Waals surface area contributed by atoms with E-state index in [1.165, 1.54) is 11.9 Å². The molecule has 0 atom stereocenters. The number of alkyl halides is 1. The number of hydrogen-bond acceptors (Lipinski definition) is 8. The van der Waals surface area contributed by atoms with Gasteiger partial charge in [-0.05, 0) is 49.1 Å². The second-order valence-electron chi connectivity index (χ2n) is 9.14. The molecular formula is C31H34ClN5O4. The fourth-order valence-electron chi connectivity index (χ4n) is 4.05. The van der Waals surface area contributed by atoms with Gasteiger partial charge in [0.15, 0.2) is 0 Å². The van der Waals surface area contributed by atoms with Crippen molar-refractivity contribution < 1.29 is 14.6 Å². The Hall–Kier alpha value is -4.21. The lowest BCUT2D eigenvalue weighted by Gasteiger charge is -2.10. The fraction of sp³-hybridized carbons (Fsp3) is 0.290. The number of benzene rings is 3. The lowest BCUT2D eigenvalue weighted by Crippen LogP contribution is -2.06. The van der Waals surface area contributed by atoms with Crippen LogP contribution in [-0.2, 0) is 6.42 Å². The van der Waals surface area contributed by atoms with Crippen molar-refractivity contribution >= 4 is 39.2 Å². The van der Waals surface area contributed by atoms with Gasteiger partial charge in [0.25, 0.3) is 5.56 Å². The summed E-state index contributed by atoms with van der Waals surface area (Å²) in [6, 6.07) is 21.5. The molecule has 0 saturated carbocycles. The van der Waals surface area contributed by atoms with Gasteiger partial charge in [0.2, 0.25) is 0 Å². The third-order valence-electron chi connectivity index (χ3n) is 6.12. The monoisotopic (exact) mass is 575 g/mol. The molecule has 3 aromatic carbocycles. The van der Waals surface area contributed by atoms with Crippen LogP contribution in [0.2, 0.25) is 0 Å². The average Bonchev–Trinajstić information content (AvgIpc) is 3.00. The largest absolute Gasteiger partial charge is 0.493 e. The number of nitrogens with zero attached hydrogens (tertiary/aromatic N) is 3. The summed E-state index contributed by atoms with van der Waals surface area (Å²) in [4.78, 5) is 26.7. The maximum atomic E-state index is 11.4. The van der Waals surface area contributed by atoms with Crippen molar-refractivity contribution in [2.75, 3.05) is 37.6 Å². The van der Waals surface area contributed by atoms with Crippen molar-refractivity contribution in [1.29, 1.82) is 0 Å². The van der Waals surface area contributed by atoms with Gasteiger partial charge in [0.1, 0.15) is 23.6 Å². The van der Waals surface area contributed by atoms with Crippen LogP contribution >= 0.6 is 11.6 Å². The Kier molecular flexibility index (Phi) is 11.7. The molecule has 0 spiro atoms. The molecule has 0 amide bonds. The Morgan fingerprint density at radius 3 is 2.27 bits per heavy atom. The number of aromatic nitrogens is 4. The van der Waals surface area contributed by atoms with Crippen LogP contribution in [-0.4, -0.2) is 57.3 Å². The number of halogens is 1. The molecule has 0 fully saturated rings. The molecule has 0 saturated heterocycles. The summed E-state index contributed by atoms with van der Waals surface area (Å²) in [6.07, 6.45) is 6.47. The zero-order chi connectivity index (χ0) is 28.7. The van der Waals surface area contributed by atoms with E-state index in [9.17, 15) is 4.79 Å². The Balaban J connectivity index is 0.000000208. The first-order valence-corrected chi connectivity index (χ1v) is 14.1. The van der Waals surface area contributed by atoms with Gasteiger partial charge in [0, 0.05) is 43.0 Å². The third kappa shape index (κ3) is 9.16. The quantitative estimate of drug-likeness (QED) is 0.127.